The fraction of sp³-hybridized carbons (Fsp3) is 0.333. The van der Waals surface area contributed by atoms with E-state index in [0.29, 0.717) is 0 Å². The van der Waals surface area contributed by atoms with Crippen molar-refractivity contribution in [2.24, 2.45) is 0 Å². The quantitative estimate of drug-likeness (QED) is 0.685. The van der Waals surface area contributed by atoms with Crippen LogP contribution in [0.15, 0.2) is 34.3 Å². The van der Waals surface area contributed by atoms with Gasteiger partial charge in [0, 0.05) is 11.4 Å². The van der Waals surface area contributed by atoms with E-state index in [-0.39, 0.29) is 0 Å². The molecule has 1 aromatic rings. The number of fused-ring (bicyclic) bond motifs is 3. The second-order valence-electron chi connectivity index (χ2n) is 5.82. The monoisotopic (exact) mass is 281 g/mol. The molecule has 0 saturated carbocycles. The largest absolute Gasteiger partial charge is 0.358 e. The fourth-order valence-corrected chi connectivity index (χ4v) is 3.85. The molecule has 0 fully saturated rings. The average molecular weight is 281 g/mol. The number of rotatable bonds is 1. The van der Waals surface area contributed by atoms with Gasteiger partial charge in [-0.3, -0.25) is 0 Å². The van der Waals surface area contributed by atoms with Crippen LogP contribution in [0.25, 0.3) is 12.2 Å². The minimum atomic E-state index is 1.09. The van der Waals surface area contributed by atoms with Gasteiger partial charge in [0.2, 0.25) is 0 Å². The summed E-state index contributed by atoms with van der Waals surface area (Å²) in [4.78, 5) is 4.86. The Morgan fingerprint density at radius 3 is 2.70 bits per heavy atom. The van der Waals surface area contributed by atoms with Gasteiger partial charge in [-0.2, -0.15) is 0 Å². The minimum absolute atomic E-state index is 1.09. The number of aromatic nitrogens is 1. The van der Waals surface area contributed by atoms with Crippen molar-refractivity contribution >= 4 is 24.8 Å². The average Bonchev–Trinajstić information content (AvgIpc) is 2.85. The molecule has 0 saturated heterocycles. The van der Waals surface area contributed by atoms with Crippen LogP contribution in [0.1, 0.15) is 48.2 Å². The molecule has 0 unspecified atom stereocenters. The first-order valence-corrected chi connectivity index (χ1v) is 7.97. The van der Waals surface area contributed by atoms with Gasteiger partial charge < -0.3 is 4.98 Å². The summed E-state index contributed by atoms with van der Waals surface area (Å²) in [5.41, 5.74) is 8.56. The highest BCUT2D eigenvalue weighted by molar-refractivity contribution is 7.84. The molecular weight excluding hydrogens is 262 g/mol. The Morgan fingerprint density at radius 1 is 0.950 bits per heavy atom. The van der Waals surface area contributed by atoms with E-state index in [1.807, 2.05) is 0 Å². The van der Waals surface area contributed by atoms with E-state index in [1.165, 1.54) is 51.4 Å². The van der Waals surface area contributed by atoms with Crippen molar-refractivity contribution in [1.82, 2.24) is 4.98 Å². The molecule has 1 heterocycles. The van der Waals surface area contributed by atoms with Crippen LogP contribution in [0.5, 0.6) is 0 Å². The van der Waals surface area contributed by atoms with E-state index in [2.05, 4.69) is 48.0 Å². The van der Waals surface area contributed by atoms with Gasteiger partial charge in [0.25, 0.3) is 0 Å². The predicted molar refractivity (Wildman–Crippen MR) is 88.8 cm³/mol. The Hall–Kier alpha value is -1.41. The Labute approximate surface area is 125 Å². The highest BCUT2D eigenvalue weighted by atomic mass is 32.1. The number of H-pyrrole nitrogens is 1. The van der Waals surface area contributed by atoms with E-state index in [0.717, 1.165) is 25.7 Å². The molecule has 0 spiro atoms. The molecule has 102 valence electrons. The van der Waals surface area contributed by atoms with Crippen LogP contribution in [0.2, 0.25) is 0 Å². The summed E-state index contributed by atoms with van der Waals surface area (Å²) in [5, 5.41) is 0. The third-order valence-electron chi connectivity index (χ3n) is 4.56. The van der Waals surface area contributed by atoms with Crippen molar-refractivity contribution in [3.63, 3.8) is 0 Å². The summed E-state index contributed by atoms with van der Waals surface area (Å²) in [6.45, 7) is 0. The molecule has 1 aromatic heterocycles. The van der Waals surface area contributed by atoms with Gasteiger partial charge in [0.1, 0.15) is 0 Å². The molecule has 0 atom stereocenters. The van der Waals surface area contributed by atoms with Crippen LogP contribution in [0, 0.1) is 0 Å². The normalized spacial score (nSPS) is 20.8. The van der Waals surface area contributed by atoms with E-state index >= 15 is 0 Å². The van der Waals surface area contributed by atoms with E-state index in [1.54, 1.807) is 0 Å². The van der Waals surface area contributed by atoms with Crippen molar-refractivity contribution in [1.29, 1.82) is 0 Å². The zero-order valence-electron chi connectivity index (χ0n) is 11.6. The highest BCUT2D eigenvalue weighted by Gasteiger charge is 2.21. The van der Waals surface area contributed by atoms with E-state index in [9.17, 15) is 0 Å². The maximum absolute atomic E-state index is 4.69. The SMILES string of the molecule is SC1=C(C2=Cc3c([nH]c4c3CCC=C4)CC2)C=CCC1. The van der Waals surface area contributed by atoms with Crippen molar-refractivity contribution < 1.29 is 0 Å². The zero-order valence-corrected chi connectivity index (χ0v) is 12.5. The second-order valence-corrected chi connectivity index (χ2v) is 6.36. The van der Waals surface area contributed by atoms with Gasteiger partial charge in [-0.1, -0.05) is 18.2 Å². The number of nitrogens with one attached hydrogen (secondary N) is 1. The standard InChI is InChI=1S/C18H19NS/c20-18-8-4-2-5-13(18)12-9-10-17-15(11-12)14-6-1-3-7-16(14)19-17/h2-3,5,7,11,19-20H,1,4,6,8-10H2. The Balaban J connectivity index is 1.80. The lowest BCUT2D eigenvalue weighted by Crippen LogP contribution is -2.03. The number of hydrogen-bond donors (Lipinski definition) is 2. The maximum atomic E-state index is 4.69. The fourth-order valence-electron chi connectivity index (χ4n) is 3.51. The molecule has 3 aliphatic rings. The summed E-state index contributed by atoms with van der Waals surface area (Å²) in [6.07, 6.45) is 18.3. The van der Waals surface area contributed by atoms with Gasteiger partial charge in [-0.25, -0.2) is 0 Å². The molecule has 0 radical (unpaired) electrons. The third-order valence-corrected chi connectivity index (χ3v) is 5.02. The minimum Gasteiger partial charge on any atom is -0.358 e. The third kappa shape index (κ3) is 1.94. The first kappa shape index (κ1) is 12.3. The molecule has 0 aliphatic heterocycles. The molecule has 0 bridgehead atoms. The van der Waals surface area contributed by atoms with Crippen LogP contribution < -0.4 is 0 Å². The van der Waals surface area contributed by atoms with E-state index < -0.39 is 0 Å². The summed E-state index contributed by atoms with van der Waals surface area (Å²) < 4.78 is 0. The van der Waals surface area contributed by atoms with Gasteiger partial charge in [0.15, 0.2) is 0 Å². The molecule has 1 N–H and O–H groups in total. The van der Waals surface area contributed by atoms with Crippen molar-refractivity contribution in [3.05, 3.63) is 56.8 Å². The number of aryl methyl sites for hydroxylation is 1. The summed E-state index contributed by atoms with van der Waals surface area (Å²) >= 11 is 4.69. The molecule has 0 aromatic carbocycles. The molecule has 20 heavy (non-hydrogen) atoms. The predicted octanol–water partition coefficient (Wildman–Crippen LogP) is 4.84. The maximum Gasteiger partial charge on any atom is 0.0418 e. The summed E-state index contributed by atoms with van der Waals surface area (Å²) in [7, 11) is 0. The molecule has 1 nitrogen and oxygen atoms in total. The summed E-state index contributed by atoms with van der Waals surface area (Å²) in [5.74, 6) is 0. The number of aromatic amines is 1. The molecule has 4 rings (SSSR count). The van der Waals surface area contributed by atoms with Crippen LogP contribution in [0.4, 0.5) is 0 Å². The Kier molecular flexibility index (Phi) is 2.99. The lowest BCUT2D eigenvalue weighted by atomic mass is 9.87. The lowest BCUT2D eigenvalue weighted by molar-refractivity contribution is 0.896. The van der Waals surface area contributed by atoms with Crippen LogP contribution in [0.3, 0.4) is 0 Å². The Bertz CT molecular complexity index is 683. The topological polar surface area (TPSA) is 15.8 Å². The molecule has 2 heteroatoms. The number of allylic oxidation sites excluding steroid dienone is 6. The Morgan fingerprint density at radius 2 is 1.80 bits per heavy atom. The van der Waals surface area contributed by atoms with Crippen molar-refractivity contribution in [2.75, 3.05) is 0 Å². The summed E-state index contributed by atoms with van der Waals surface area (Å²) in [6, 6.07) is 0. The van der Waals surface area contributed by atoms with Gasteiger partial charge in [0.05, 0.1) is 0 Å². The smallest absolute Gasteiger partial charge is 0.0418 e. The molecule has 3 aliphatic carbocycles. The van der Waals surface area contributed by atoms with Crippen LogP contribution >= 0.6 is 12.6 Å². The van der Waals surface area contributed by atoms with Crippen LogP contribution in [-0.2, 0) is 12.8 Å². The van der Waals surface area contributed by atoms with Gasteiger partial charge in [-0.05, 0) is 77.9 Å². The molecular formula is C18H19NS. The first-order valence-electron chi connectivity index (χ1n) is 7.53. The van der Waals surface area contributed by atoms with Crippen molar-refractivity contribution in [2.45, 2.75) is 38.5 Å². The van der Waals surface area contributed by atoms with Gasteiger partial charge >= 0.3 is 0 Å². The number of hydrogen-bond acceptors (Lipinski definition) is 1. The van der Waals surface area contributed by atoms with Crippen LogP contribution in [-0.4, -0.2) is 4.98 Å². The number of thiol groups is 1. The van der Waals surface area contributed by atoms with Crippen molar-refractivity contribution in [3.8, 4) is 0 Å². The lowest BCUT2D eigenvalue weighted by Gasteiger charge is -2.19. The van der Waals surface area contributed by atoms with E-state index in [4.69, 9.17) is 0 Å². The highest BCUT2D eigenvalue weighted by Crippen LogP contribution is 2.37. The molecule has 0 amide bonds. The zero-order chi connectivity index (χ0) is 13.5. The van der Waals surface area contributed by atoms with Gasteiger partial charge in [-0.15, -0.1) is 12.6 Å². The first-order chi connectivity index (χ1) is 9.83. The second kappa shape index (κ2) is 4.85.